The third-order valence-corrected chi connectivity index (χ3v) is 4.40. The normalized spacial score (nSPS) is 11.9. The molecule has 2 aromatic carbocycles. The second kappa shape index (κ2) is 6.74. The minimum Gasteiger partial charge on any atom is -0.398 e. The zero-order chi connectivity index (χ0) is 15.4. The van der Waals surface area contributed by atoms with Crippen molar-refractivity contribution in [2.45, 2.75) is 11.8 Å². The number of rotatable bonds is 4. The summed E-state index contributed by atoms with van der Waals surface area (Å²) in [5, 5.41) is 3.18. The van der Waals surface area contributed by atoms with Gasteiger partial charge in [0.15, 0.2) is 0 Å². The van der Waals surface area contributed by atoms with Crippen molar-refractivity contribution >= 4 is 39.7 Å². The Hall–Kier alpha value is -1.85. The zero-order valence-corrected chi connectivity index (χ0v) is 13.0. The molecule has 6 heteroatoms. The molecular weight excluding hydrogens is 308 g/mol. The number of hydrogen-bond acceptors (Lipinski definition) is 3. The van der Waals surface area contributed by atoms with E-state index in [1.165, 1.54) is 0 Å². The number of anilines is 2. The summed E-state index contributed by atoms with van der Waals surface area (Å²) in [6, 6.07) is 12.0. The molecule has 0 aliphatic heterocycles. The number of benzene rings is 2. The maximum absolute atomic E-state index is 12.2. The molecule has 0 heterocycles. The summed E-state index contributed by atoms with van der Waals surface area (Å²) in [6.07, 6.45) is 0. The second-order valence-corrected chi connectivity index (χ2v) is 6.45. The SMILES string of the molecule is Cc1ccc(S(=O)CC(=O)Nc2cccc(Cl)c2)c(N)c1. The Morgan fingerprint density at radius 1 is 1.29 bits per heavy atom. The van der Waals surface area contributed by atoms with Crippen molar-refractivity contribution in [3.63, 3.8) is 0 Å². The molecule has 1 atom stereocenters. The first-order valence-corrected chi connectivity index (χ1v) is 7.95. The molecular formula is C15H15ClN2O2S. The van der Waals surface area contributed by atoms with E-state index in [-0.39, 0.29) is 11.7 Å². The van der Waals surface area contributed by atoms with Gasteiger partial charge in [0.1, 0.15) is 5.75 Å². The molecule has 4 nitrogen and oxygen atoms in total. The van der Waals surface area contributed by atoms with Gasteiger partial charge in [0, 0.05) is 16.4 Å². The molecule has 0 saturated heterocycles. The monoisotopic (exact) mass is 322 g/mol. The van der Waals surface area contributed by atoms with Gasteiger partial charge in [0.05, 0.1) is 15.7 Å². The molecule has 21 heavy (non-hydrogen) atoms. The number of hydrogen-bond donors (Lipinski definition) is 2. The number of carbonyl (C=O) groups excluding carboxylic acids is 1. The average molecular weight is 323 g/mol. The van der Waals surface area contributed by atoms with Gasteiger partial charge in [-0.15, -0.1) is 0 Å². The summed E-state index contributed by atoms with van der Waals surface area (Å²) in [5.41, 5.74) is 7.82. The minimum atomic E-state index is -1.48. The van der Waals surface area contributed by atoms with Crippen LogP contribution in [0.25, 0.3) is 0 Å². The number of nitrogens with one attached hydrogen (secondary N) is 1. The first-order chi connectivity index (χ1) is 9.95. The Morgan fingerprint density at radius 2 is 2.05 bits per heavy atom. The highest BCUT2D eigenvalue weighted by Crippen LogP contribution is 2.19. The van der Waals surface area contributed by atoms with Crippen molar-refractivity contribution in [3.05, 3.63) is 53.1 Å². The molecule has 1 amide bonds. The van der Waals surface area contributed by atoms with Gasteiger partial charge < -0.3 is 11.1 Å². The van der Waals surface area contributed by atoms with Crippen molar-refractivity contribution in [2.75, 3.05) is 16.8 Å². The van der Waals surface area contributed by atoms with E-state index < -0.39 is 10.8 Å². The molecule has 0 aliphatic carbocycles. The standard InChI is InChI=1S/C15H15ClN2O2S/c1-10-5-6-14(13(17)7-10)21(20)9-15(19)18-12-4-2-3-11(16)8-12/h2-8H,9,17H2,1H3,(H,18,19). The fraction of sp³-hybridized carbons (Fsp3) is 0.133. The Kier molecular flexibility index (Phi) is 4.98. The molecule has 0 spiro atoms. The summed E-state index contributed by atoms with van der Waals surface area (Å²) in [7, 11) is -1.48. The van der Waals surface area contributed by atoms with Crippen molar-refractivity contribution < 1.29 is 9.00 Å². The third-order valence-electron chi connectivity index (χ3n) is 2.78. The van der Waals surface area contributed by atoms with Crippen LogP contribution in [0, 0.1) is 6.92 Å². The molecule has 0 saturated carbocycles. The predicted octanol–water partition coefficient (Wildman–Crippen LogP) is 2.98. The number of nitrogens with two attached hydrogens (primary N) is 1. The molecule has 2 rings (SSSR count). The van der Waals surface area contributed by atoms with Crippen LogP contribution in [0.1, 0.15) is 5.56 Å². The van der Waals surface area contributed by atoms with Crippen LogP contribution in [0.15, 0.2) is 47.4 Å². The lowest BCUT2D eigenvalue weighted by Crippen LogP contribution is -2.20. The van der Waals surface area contributed by atoms with Crippen LogP contribution >= 0.6 is 11.6 Å². The number of amides is 1. The van der Waals surface area contributed by atoms with Crippen LogP contribution < -0.4 is 11.1 Å². The Morgan fingerprint density at radius 3 is 2.71 bits per heavy atom. The fourth-order valence-corrected chi connectivity index (χ4v) is 3.03. The van der Waals surface area contributed by atoms with Crippen LogP contribution in [-0.4, -0.2) is 15.9 Å². The molecule has 1 unspecified atom stereocenters. The van der Waals surface area contributed by atoms with Crippen LogP contribution in [0.5, 0.6) is 0 Å². The highest BCUT2D eigenvalue weighted by Gasteiger charge is 2.13. The van der Waals surface area contributed by atoms with Crippen LogP contribution in [0.3, 0.4) is 0 Å². The van der Waals surface area contributed by atoms with Gasteiger partial charge in [-0.25, -0.2) is 0 Å². The summed E-state index contributed by atoms with van der Waals surface area (Å²) in [4.78, 5) is 12.4. The quantitative estimate of drug-likeness (QED) is 0.850. The van der Waals surface area contributed by atoms with Crippen molar-refractivity contribution in [2.24, 2.45) is 0 Å². The van der Waals surface area contributed by atoms with Gasteiger partial charge in [-0.1, -0.05) is 23.7 Å². The number of nitrogen functional groups attached to an aromatic ring is 1. The second-order valence-electron chi connectivity index (χ2n) is 4.59. The van der Waals surface area contributed by atoms with Gasteiger partial charge in [-0.05, 0) is 42.8 Å². The Labute approximate surface area is 130 Å². The summed E-state index contributed by atoms with van der Waals surface area (Å²) >= 11 is 5.84. The van der Waals surface area contributed by atoms with Gasteiger partial charge in [0.25, 0.3) is 0 Å². The number of aryl methyl sites for hydroxylation is 1. The lowest BCUT2D eigenvalue weighted by atomic mass is 10.2. The summed E-state index contributed by atoms with van der Waals surface area (Å²) in [5.74, 6) is -0.504. The fourth-order valence-electron chi connectivity index (χ4n) is 1.84. The first-order valence-electron chi connectivity index (χ1n) is 6.25. The van der Waals surface area contributed by atoms with Gasteiger partial charge in [-0.2, -0.15) is 0 Å². The third kappa shape index (κ3) is 4.31. The predicted molar refractivity (Wildman–Crippen MR) is 86.9 cm³/mol. The molecule has 0 radical (unpaired) electrons. The molecule has 0 aromatic heterocycles. The highest BCUT2D eigenvalue weighted by atomic mass is 35.5. The lowest BCUT2D eigenvalue weighted by Gasteiger charge is -2.08. The molecule has 2 aromatic rings. The average Bonchev–Trinajstić information content (AvgIpc) is 2.38. The van der Waals surface area contributed by atoms with E-state index in [9.17, 15) is 9.00 Å². The van der Waals surface area contributed by atoms with Gasteiger partial charge >= 0.3 is 0 Å². The zero-order valence-electron chi connectivity index (χ0n) is 11.4. The van der Waals surface area contributed by atoms with Crippen LogP contribution in [0.2, 0.25) is 5.02 Å². The molecule has 3 N–H and O–H groups in total. The van der Waals surface area contributed by atoms with E-state index in [0.717, 1.165) is 5.56 Å². The smallest absolute Gasteiger partial charge is 0.237 e. The Balaban J connectivity index is 2.04. The van der Waals surface area contributed by atoms with E-state index in [2.05, 4.69) is 5.32 Å². The van der Waals surface area contributed by atoms with Gasteiger partial charge in [0.2, 0.25) is 5.91 Å². The number of carbonyl (C=O) groups is 1. The van der Waals surface area contributed by atoms with Crippen molar-refractivity contribution in [1.82, 2.24) is 0 Å². The maximum atomic E-state index is 12.2. The Bertz CT molecular complexity index is 704. The van der Waals surface area contributed by atoms with E-state index in [0.29, 0.717) is 21.3 Å². The molecule has 0 bridgehead atoms. The topological polar surface area (TPSA) is 72.2 Å². The van der Waals surface area contributed by atoms with Crippen molar-refractivity contribution in [1.29, 1.82) is 0 Å². The summed E-state index contributed by atoms with van der Waals surface area (Å²) in [6.45, 7) is 1.90. The largest absolute Gasteiger partial charge is 0.398 e. The number of halogens is 1. The summed E-state index contributed by atoms with van der Waals surface area (Å²) < 4.78 is 12.2. The van der Waals surface area contributed by atoms with Crippen molar-refractivity contribution in [3.8, 4) is 0 Å². The minimum absolute atomic E-state index is 0.153. The van der Waals surface area contributed by atoms with E-state index in [1.807, 2.05) is 13.0 Å². The molecule has 110 valence electrons. The van der Waals surface area contributed by atoms with Crippen LogP contribution in [0.4, 0.5) is 11.4 Å². The van der Waals surface area contributed by atoms with E-state index >= 15 is 0 Å². The first kappa shape index (κ1) is 15.5. The molecule has 0 fully saturated rings. The van der Waals surface area contributed by atoms with E-state index in [1.54, 1.807) is 36.4 Å². The van der Waals surface area contributed by atoms with E-state index in [4.69, 9.17) is 17.3 Å². The van der Waals surface area contributed by atoms with Gasteiger partial charge in [-0.3, -0.25) is 9.00 Å². The maximum Gasteiger partial charge on any atom is 0.237 e. The highest BCUT2D eigenvalue weighted by molar-refractivity contribution is 7.86. The molecule has 0 aliphatic rings. The van der Waals surface area contributed by atoms with Crippen LogP contribution in [-0.2, 0) is 15.6 Å². The lowest BCUT2D eigenvalue weighted by molar-refractivity contribution is -0.113.